The summed E-state index contributed by atoms with van der Waals surface area (Å²) < 4.78 is 13.1. The molecule has 4 aliphatic rings. The Balaban J connectivity index is 1.70. The highest BCUT2D eigenvalue weighted by atomic mass is 19.1. The monoisotopic (exact) mass is 315 g/mol. The third-order valence-corrected chi connectivity index (χ3v) is 6.08. The highest BCUT2D eigenvalue weighted by Gasteiger charge is 2.52. The average Bonchev–Trinajstić information content (AvgIpc) is 2.58. The Bertz CT molecular complexity index is 658. The fourth-order valence-electron chi connectivity index (χ4n) is 4.93. The molecule has 2 atom stereocenters. The minimum atomic E-state index is -0.262. The molecule has 2 unspecified atom stereocenters. The first-order chi connectivity index (χ1) is 11.1. The van der Waals surface area contributed by atoms with E-state index in [1.54, 1.807) is 19.1 Å². The van der Waals surface area contributed by atoms with Gasteiger partial charge in [0.25, 0.3) is 5.91 Å². The molecule has 1 aliphatic heterocycles. The molecule has 1 N–H and O–H groups in total. The summed E-state index contributed by atoms with van der Waals surface area (Å²) in [5, 5.41) is 10.6. The van der Waals surface area contributed by atoms with Crippen LogP contribution in [0.25, 0.3) is 0 Å². The minimum absolute atomic E-state index is 0.0689. The van der Waals surface area contributed by atoms with Crippen molar-refractivity contribution in [1.29, 1.82) is 0 Å². The van der Waals surface area contributed by atoms with Gasteiger partial charge in [0.05, 0.1) is 5.57 Å². The molecular weight excluding hydrogens is 293 g/mol. The third kappa shape index (κ3) is 2.27. The van der Waals surface area contributed by atoms with Crippen LogP contribution in [0.5, 0.6) is 0 Å². The van der Waals surface area contributed by atoms with Gasteiger partial charge in [-0.3, -0.25) is 4.79 Å². The zero-order valence-electron chi connectivity index (χ0n) is 13.3. The Morgan fingerprint density at radius 3 is 2.39 bits per heavy atom. The Kier molecular flexibility index (Phi) is 3.43. The van der Waals surface area contributed by atoms with Crippen molar-refractivity contribution < 1.29 is 14.3 Å². The van der Waals surface area contributed by atoms with Gasteiger partial charge < -0.3 is 10.0 Å². The number of fused-ring (bicyclic) bond motifs is 2. The zero-order valence-corrected chi connectivity index (χ0v) is 13.3. The first kappa shape index (κ1) is 14.7. The number of halogens is 1. The van der Waals surface area contributed by atoms with E-state index in [9.17, 15) is 14.3 Å². The van der Waals surface area contributed by atoms with Crippen molar-refractivity contribution in [2.45, 2.75) is 45.2 Å². The first-order valence-corrected chi connectivity index (χ1v) is 8.51. The average molecular weight is 315 g/mol. The molecule has 1 amide bonds. The summed E-state index contributed by atoms with van der Waals surface area (Å²) >= 11 is 0. The lowest BCUT2D eigenvalue weighted by Gasteiger charge is -2.54. The van der Waals surface area contributed by atoms with E-state index in [0.29, 0.717) is 29.7 Å². The standard InChI is InChI=1S/C19H22FNO2/c1-11-18(22)16-13-4-6-14(7-5-13)17(16)21(19(11)23)10-12-2-8-15(20)9-3-12/h2-3,8-9,13-14,16-17,22H,4-7,10H2,1H3. The number of carbonyl (C=O) groups excluding carboxylic acids is 1. The lowest BCUT2D eigenvalue weighted by atomic mass is 9.59. The molecule has 3 saturated carbocycles. The largest absolute Gasteiger partial charge is 0.511 e. The second-order valence-corrected chi connectivity index (χ2v) is 7.26. The van der Waals surface area contributed by atoms with Gasteiger partial charge in [-0.25, -0.2) is 4.39 Å². The van der Waals surface area contributed by atoms with Crippen LogP contribution in [0.1, 0.15) is 38.2 Å². The third-order valence-electron chi connectivity index (χ3n) is 6.08. The molecule has 1 aromatic carbocycles. The normalized spacial score (nSPS) is 33.1. The van der Waals surface area contributed by atoms with Crippen LogP contribution < -0.4 is 0 Å². The predicted molar refractivity (Wildman–Crippen MR) is 85.0 cm³/mol. The van der Waals surface area contributed by atoms with Crippen molar-refractivity contribution in [3.05, 3.63) is 47.0 Å². The number of rotatable bonds is 2. The van der Waals surface area contributed by atoms with Crippen LogP contribution >= 0.6 is 0 Å². The molecule has 2 bridgehead atoms. The Morgan fingerprint density at radius 2 is 1.74 bits per heavy atom. The van der Waals surface area contributed by atoms with E-state index in [0.717, 1.165) is 31.2 Å². The predicted octanol–water partition coefficient (Wildman–Crippen LogP) is 3.80. The van der Waals surface area contributed by atoms with Gasteiger partial charge in [0.2, 0.25) is 0 Å². The molecule has 5 rings (SSSR count). The lowest BCUT2D eigenvalue weighted by molar-refractivity contribution is -0.140. The quantitative estimate of drug-likeness (QED) is 0.901. The topological polar surface area (TPSA) is 40.5 Å². The van der Waals surface area contributed by atoms with Crippen molar-refractivity contribution in [3.8, 4) is 0 Å². The van der Waals surface area contributed by atoms with Gasteiger partial charge in [0, 0.05) is 18.5 Å². The number of hydrogen-bond acceptors (Lipinski definition) is 2. The van der Waals surface area contributed by atoms with Gasteiger partial charge in [-0.05, 0) is 62.1 Å². The van der Waals surface area contributed by atoms with Gasteiger partial charge in [0.15, 0.2) is 0 Å². The molecule has 23 heavy (non-hydrogen) atoms. The number of aliphatic hydroxyl groups excluding tert-OH is 1. The van der Waals surface area contributed by atoms with Crippen molar-refractivity contribution in [2.24, 2.45) is 17.8 Å². The van der Waals surface area contributed by atoms with Gasteiger partial charge in [-0.15, -0.1) is 0 Å². The van der Waals surface area contributed by atoms with Crippen molar-refractivity contribution in [1.82, 2.24) is 4.90 Å². The molecule has 3 fully saturated rings. The minimum Gasteiger partial charge on any atom is -0.511 e. The SMILES string of the molecule is CC1=C(O)C2C3CCC(CC3)C2N(Cc2ccc(F)cc2)C1=O. The molecule has 0 aromatic heterocycles. The maximum Gasteiger partial charge on any atom is 0.253 e. The maximum absolute atomic E-state index is 13.1. The van der Waals surface area contributed by atoms with E-state index < -0.39 is 0 Å². The van der Waals surface area contributed by atoms with E-state index in [4.69, 9.17) is 0 Å². The number of benzene rings is 1. The van der Waals surface area contributed by atoms with Crippen LogP contribution in [0, 0.1) is 23.6 Å². The molecule has 4 heteroatoms. The van der Waals surface area contributed by atoms with E-state index >= 15 is 0 Å². The van der Waals surface area contributed by atoms with Crippen LogP contribution in [0.3, 0.4) is 0 Å². The molecule has 3 aliphatic carbocycles. The smallest absolute Gasteiger partial charge is 0.253 e. The zero-order chi connectivity index (χ0) is 16.1. The summed E-state index contributed by atoms with van der Waals surface area (Å²) in [6.45, 7) is 2.22. The van der Waals surface area contributed by atoms with Crippen LogP contribution in [-0.2, 0) is 11.3 Å². The van der Waals surface area contributed by atoms with Gasteiger partial charge in [0.1, 0.15) is 11.6 Å². The second kappa shape index (κ2) is 5.36. The van der Waals surface area contributed by atoms with E-state index in [1.165, 1.54) is 12.1 Å². The van der Waals surface area contributed by atoms with E-state index in [2.05, 4.69) is 0 Å². The van der Waals surface area contributed by atoms with Gasteiger partial charge in [-0.2, -0.15) is 0 Å². The van der Waals surface area contributed by atoms with Crippen LogP contribution in [-0.4, -0.2) is 22.0 Å². The lowest BCUT2D eigenvalue weighted by Crippen LogP contribution is -2.58. The Morgan fingerprint density at radius 1 is 1.13 bits per heavy atom. The Labute approximate surface area is 135 Å². The van der Waals surface area contributed by atoms with E-state index in [-0.39, 0.29) is 23.7 Å². The number of amides is 1. The fraction of sp³-hybridized carbons (Fsp3) is 0.526. The summed E-state index contributed by atoms with van der Waals surface area (Å²) in [5.74, 6) is 1.06. The number of carbonyl (C=O) groups is 1. The van der Waals surface area contributed by atoms with E-state index in [1.807, 2.05) is 4.90 Å². The van der Waals surface area contributed by atoms with Crippen LogP contribution in [0.4, 0.5) is 4.39 Å². The van der Waals surface area contributed by atoms with Crippen molar-refractivity contribution >= 4 is 5.91 Å². The molecular formula is C19H22FNO2. The van der Waals surface area contributed by atoms with Crippen molar-refractivity contribution in [3.63, 3.8) is 0 Å². The van der Waals surface area contributed by atoms with Crippen LogP contribution in [0.15, 0.2) is 35.6 Å². The van der Waals surface area contributed by atoms with Crippen LogP contribution in [0.2, 0.25) is 0 Å². The molecule has 122 valence electrons. The number of nitrogens with zero attached hydrogens (tertiary/aromatic N) is 1. The summed E-state index contributed by atoms with van der Waals surface area (Å²) in [6, 6.07) is 6.46. The maximum atomic E-state index is 13.1. The summed E-state index contributed by atoms with van der Waals surface area (Å²) in [4.78, 5) is 14.7. The molecule has 1 heterocycles. The van der Waals surface area contributed by atoms with Crippen molar-refractivity contribution in [2.75, 3.05) is 0 Å². The first-order valence-electron chi connectivity index (χ1n) is 8.51. The molecule has 1 aromatic rings. The molecule has 0 saturated heterocycles. The number of hydrogen-bond donors (Lipinski definition) is 1. The van der Waals surface area contributed by atoms with Gasteiger partial charge in [-0.1, -0.05) is 12.1 Å². The summed E-state index contributed by atoms with van der Waals surface area (Å²) in [5.41, 5.74) is 1.43. The highest BCUT2D eigenvalue weighted by molar-refractivity contribution is 5.94. The second-order valence-electron chi connectivity index (χ2n) is 7.26. The van der Waals surface area contributed by atoms with Gasteiger partial charge >= 0.3 is 0 Å². The fourth-order valence-corrected chi connectivity index (χ4v) is 4.93. The summed E-state index contributed by atoms with van der Waals surface area (Å²) in [7, 11) is 0. The summed E-state index contributed by atoms with van der Waals surface area (Å²) in [6.07, 6.45) is 4.60. The molecule has 0 radical (unpaired) electrons. The highest BCUT2D eigenvalue weighted by Crippen LogP contribution is 2.52. The molecule has 0 spiro atoms. The molecule has 3 nitrogen and oxygen atoms in total. The Hall–Kier alpha value is -1.84. The number of aliphatic hydroxyl groups is 1.